The number of methoxy groups -OCH3 is 2. The van der Waals surface area contributed by atoms with Gasteiger partial charge in [0.05, 0.1) is 25.0 Å². The van der Waals surface area contributed by atoms with Crippen molar-refractivity contribution in [1.82, 2.24) is 0 Å². The number of hydrogen-bond donors (Lipinski definition) is 2. The summed E-state index contributed by atoms with van der Waals surface area (Å²) in [6, 6.07) is 16.6. The fourth-order valence-corrected chi connectivity index (χ4v) is 3.41. The number of benzene rings is 3. The molecule has 0 unspecified atom stereocenters. The number of nitrogens with one attached hydrogen (secondary N) is 2. The van der Waals surface area contributed by atoms with Crippen molar-refractivity contribution in [3.8, 4) is 11.5 Å². The third-order valence-electron chi connectivity index (χ3n) is 5.30. The van der Waals surface area contributed by atoms with Crippen molar-refractivity contribution in [3.05, 3.63) is 60.2 Å². The Morgan fingerprint density at radius 3 is 2.34 bits per heavy atom. The van der Waals surface area contributed by atoms with Gasteiger partial charge in [0, 0.05) is 24.8 Å². The average Bonchev–Trinajstić information content (AvgIpc) is 3.64. The van der Waals surface area contributed by atoms with Gasteiger partial charge in [0.1, 0.15) is 6.61 Å². The van der Waals surface area contributed by atoms with Crippen LogP contribution in [0.2, 0.25) is 0 Å². The number of fused-ring (bicyclic) bond motifs is 1. The highest BCUT2D eigenvalue weighted by Gasteiger charge is 2.30. The Kier molecular flexibility index (Phi) is 6.56. The zero-order chi connectivity index (χ0) is 22.5. The van der Waals surface area contributed by atoms with E-state index in [4.69, 9.17) is 14.2 Å². The van der Waals surface area contributed by atoms with Gasteiger partial charge in [-0.1, -0.05) is 24.3 Å². The van der Waals surface area contributed by atoms with Crippen LogP contribution in [0, 0.1) is 5.92 Å². The third kappa shape index (κ3) is 5.00. The number of carbonyl (C=O) groups is 2. The van der Waals surface area contributed by atoms with Crippen LogP contribution >= 0.6 is 0 Å². The lowest BCUT2D eigenvalue weighted by atomic mass is 10.0. The molecule has 0 saturated heterocycles. The Morgan fingerprint density at radius 2 is 1.66 bits per heavy atom. The van der Waals surface area contributed by atoms with Crippen LogP contribution in [0.1, 0.15) is 23.2 Å². The van der Waals surface area contributed by atoms with Crippen molar-refractivity contribution in [3.63, 3.8) is 0 Å². The molecule has 166 valence electrons. The fraction of sp³-hybridized carbons (Fsp3) is 0.280. The summed E-state index contributed by atoms with van der Waals surface area (Å²) < 4.78 is 16.1. The van der Waals surface area contributed by atoms with E-state index in [2.05, 4.69) is 10.6 Å². The van der Waals surface area contributed by atoms with E-state index in [1.54, 1.807) is 38.5 Å². The molecule has 7 nitrogen and oxygen atoms in total. The second-order valence-electron chi connectivity index (χ2n) is 7.67. The Balaban J connectivity index is 1.61. The zero-order valence-electron chi connectivity index (χ0n) is 18.1. The van der Waals surface area contributed by atoms with E-state index >= 15 is 0 Å². The molecular weight excluding hydrogens is 408 g/mol. The number of ether oxygens (including phenoxy) is 3. The van der Waals surface area contributed by atoms with Gasteiger partial charge in [-0.25, -0.2) is 0 Å². The fourth-order valence-electron chi connectivity index (χ4n) is 3.41. The van der Waals surface area contributed by atoms with E-state index in [0.29, 0.717) is 41.7 Å². The standard InChI is InChI=1S/C25H26N2O5/c1-30-11-12-32-23-15-19(9-10-22(23)31-2)26-25(29)20-13-17-5-3-4-6-18(17)14-21(20)27-24(28)16-7-8-16/h3-6,9-10,13-16H,7-8,11-12H2,1-2H3,(H,26,29)(H,27,28). The third-order valence-corrected chi connectivity index (χ3v) is 5.30. The van der Waals surface area contributed by atoms with Gasteiger partial charge in [-0.3, -0.25) is 9.59 Å². The molecule has 0 radical (unpaired) electrons. The smallest absolute Gasteiger partial charge is 0.257 e. The van der Waals surface area contributed by atoms with Crippen LogP contribution in [-0.2, 0) is 9.53 Å². The molecule has 4 rings (SSSR count). The van der Waals surface area contributed by atoms with E-state index in [0.717, 1.165) is 23.6 Å². The first-order valence-corrected chi connectivity index (χ1v) is 10.5. The van der Waals surface area contributed by atoms with Crippen molar-refractivity contribution in [2.24, 2.45) is 5.92 Å². The van der Waals surface area contributed by atoms with Crippen LogP contribution < -0.4 is 20.1 Å². The Labute approximate surface area is 186 Å². The Bertz CT molecular complexity index is 1140. The van der Waals surface area contributed by atoms with Crippen molar-refractivity contribution in [2.45, 2.75) is 12.8 Å². The minimum atomic E-state index is -0.324. The van der Waals surface area contributed by atoms with Gasteiger partial charge in [0.2, 0.25) is 5.91 Å². The molecular formula is C25H26N2O5. The molecule has 7 heteroatoms. The van der Waals surface area contributed by atoms with Gasteiger partial charge in [-0.2, -0.15) is 0 Å². The summed E-state index contributed by atoms with van der Waals surface area (Å²) in [5.74, 6) is 0.721. The van der Waals surface area contributed by atoms with Gasteiger partial charge in [-0.05, 0) is 47.9 Å². The predicted octanol–water partition coefficient (Wildman–Crippen LogP) is 4.47. The maximum atomic E-state index is 13.2. The molecule has 2 N–H and O–H groups in total. The molecule has 1 aliphatic carbocycles. The first kappa shape index (κ1) is 21.6. The quantitative estimate of drug-likeness (QED) is 0.485. The summed E-state index contributed by atoms with van der Waals surface area (Å²) in [4.78, 5) is 25.6. The second-order valence-corrected chi connectivity index (χ2v) is 7.67. The highest BCUT2D eigenvalue weighted by atomic mass is 16.5. The first-order valence-electron chi connectivity index (χ1n) is 10.5. The number of anilines is 2. The summed E-state index contributed by atoms with van der Waals surface area (Å²) >= 11 is 0. The monoisotopic (exact) mass is 434 g/mol. The van der Waals surface area contributed by atoms with Gasteiger partial charge in [0.15, 0.2) is 11.5 Å². The van der Waals surface area contributed by atoms with Crippen molar-refractivity contribution >= 4 is 34.0 Å². The van der Waals surface area contributed by atoms with Crippen molar-refractivity contribution in [2.75, 3.05) is 38.1 Å². The van der Waals surface area contributed by atoms with E-state index in [1.165, 1.54) is 0 Å². The number of hydrogen-bond acceptors (Lipinski definition) is 5. The van der Waals surface area contributed by atoms with Gasteiger partial charge < -0.3 is 24.8 Å². The number of rotatable bonds is 9. The van der Waals surface area contributed by atoms with Crippen LogP contribution in [0.15, 0.2) is 54.6 Å². The molecule has 0 atom stereocenters. The van der Waals surface area contributed by atoms with Crippen LogP contribution in [0.4, 0.5) is 11.4 Å². The lowest BCUT2D eigenvalue weighted by Gasteiger charge is -2.15. The van der Waals surface area contributed by atoms with Crippen LogP contribution in [0.25, 0.3) is 10.8 Å². The molecule has 0 spiro atoms. The maximum Gasteiger partial charge on any atom is 0.257 e. The van der Waals surface area contributed by atoms with E-state index in [1.807, 2.05) is 30.3 Å². The molecule has 32 heavy (non-hydrogen) atoms. The van der Waals surface area contributed by atoms with E-state index in [9.17, 15) is 9.59 Å². The molecule has 1 saturated carbocycles. The van der Waals surface area contributed by atoms with E-state index in [-0.39, 0.29) is 17.7 Å². The molecule has 2 amide bonds. The average molecular weight is 434 g/mol. The van der Waals surface area contributed by atoms with E-state index < -0.39 is 0 Å². The topological polar surface area (TPSA) is 85.9 Å². The Hall–Kier alpha value is -3.58. The molecule has 1 fully saturated rings. The van der Waals surface area contributed by atoms with Gasteiger partial charge >= 0.3 is 0 Å². The lowest BCUT2D eigenvalue weighted by Crippen LogP contribution is -2.19. The number of carbonyl (C=O) groups excluding carboxylic acids is 2. The minimum absolute atomic E-state index is 0.0331. The summed E-state index contributed by atoms with van der Waals surface area (Å²) in [5.41, 5.74) is 1.45. The Morgan fingerprint density at radius 1 is 0.906 bits per heavy atom. The van der Waals surface area contributed by atoms with Crippen LogP contribution in [0.5, 0.6) is 11.5 Å². The lowest BCUT2D eigenvalue weighted by molar-refractivity contribution is -0.117. The highest BCUT2D eigenvalue weighted by Crippen LogP contribution is 2.33. The molecule has 3 aromatic carbocycles. The van der Waals surface area contributed by atoms with Gasteiger partial charge in [0.25, 0.3) is 5.91 Å². The van der Waals surface area contributed by atoms with Crippen molar-refractivity contribution in [1.29, 1.82) is 0 Å². The summed E-state index contributed by atoms with van der Waals surface area (Å²) in [5, 5.41) is 7.71. The predicted molar refractivity (Wildman–Crippen MR) is 124 cm³/mol. The summed E-state index contributed by atoms with van der Waals surface area (Å²) in [6.45, 7) is 0.785. The van der Waals surface area contributed by atoms with Crippen LogP contribution in [0.3, 0.4) is 0 Å². The highest BCUT2D eigenvalue weighted by molar-refractivity contribution is 6.13. The normalized spacial score (nSPS) is 12.9. The van der Waals surface area contributed by atoms with Gasteiger partial charge in [-0.15, -0.1) is 0 Å². The molecule has 0 aliphatic heterocycles. The molecule has 0 heterocycles. The summed E-state index contributed by atoms with van der Waals surface area (Å²) in [6.07, 6.45) is 1.78. The van der Waals surface area contributed by atoms with Crippen molar-refractivity contribution < 1.29 is 23.8 Å². The number of amides is 2. The maximum absolute atomic E-state index is 13.2. The second kappa shape index (κ2) is 9.70. The molecule has 1 aliphatic rings. The molecule has 3 aromatic rings. The SMILES string of the molecule is COCCOc1cc(NC(=O)c2cc3ccccc3cc2NC(=O)C2CC2)ccc1OC. The largest absolute Gasteiger partial charge is 0.493 e. The van der Waals surface area contributed by atoms with Crippen LogP contribution in [-0.4, -0.2) is 39.2 Å². The zero-order valence-corrected chi connectivity index (χ0v) is 18.1. The first-order chi connectivity index (χ1) is 15.6. The minimum Gasteiger partial charge on any atom is -0.493 e. The molecule has 0 aromatic heterocycles. The summed E-state index contributed by atoms with van der Waals surface area (Å²) in [7, 11) is 3.15. The molecule has 0 bridgehead atoms.